The quantitative estimate of drug-likeness (QED) is 0.592. The van der Waals surface area contributed by atoms with Crippen LogP contribution in [0, 0.1) is 20.8 Å². The van der Waals surface area contributed by atoms with Crippen LogP contribution in [-0.2, 0) is 13.5 Å². The van der Waals surface area contributed by atoms with E-state index in [-0.39, 0.29) is 6.04 Å². The van der Waals surface area contributed by atoms with Crippen LogP contribution in [0.1, 0.15) is 34.1 Å². The number of aryl methyl sites for hydroxylation is 4. The maximum atomic E-state index is 5.79. The molecule has 0 aliphatic rings. The first-order chi connectivity index (χ1) is 9.85. The molecule has 4 nitrogen and oxygen atoms in total. The standard InChI is InChI=1S/C15H20Br2N4/c1-8-5-11(6-9(2)14(8)16)12(19-18)7-13-15(17)10(3)20-21(13)4/h5-6,12,19H,7,18H2,1-4H3. The number of rotatable bonds is 4. The lowest BCUT2D eigenvalue weighted by Gasteiger charge is -2.19. The van der Waals surface area contributed by atoms with Gasteiger partial charge in [-0.3, -0.25) is 16.0 Å². The third-order valence-corrected chi connectivity index (χ3v) is 6.00. The monoisotopic (exact) mass is 414 g/mol. The highest BCUT2D eigenvalue weighted by molar-refractivity contribution is 9.10. The van der Waals surface area contributed by atoms with Crippen LogP contribution >= 0.6 is 31.9 Å². The SMILES string of the molecule is Cc1cc(C(Cc2c(Br)c(C)nn2C)NN)cc(C)c1Br. The van der Waals surface area contributed by atoms with E-state index >= 15 is 0 Å². The topological polar surface area (TPSA) is 55.9 Å². The molecule has 0 amide bonds. The molecule has 21 heavy (non-hydrogen) atoms. The van der Waals surface area contributed by atoms with E-state index in [0.717, 1.165) is 26.8 Å². The van der Waals surface area contributed by atoms with E-state index in [4.69, 9.17) is 5.84 Å². The summed E-state index contributed by atoms with van der Waals surface area (Å²) in [7, 11) is 1.96. The van der Waals surface area contributed by atoms with Gasteiger partial charge >= 0.3 is 0 Å². The minimum Gasteiger partial charge on any atom is -0.271 e. The van der Waals surface area contributed by atoms with Crippen LogP contribution < -0.4 is 11.3 Å². The number of aromatic nitrogens is 2. The van der Waals surface area contributed by atoms with Gasteiger partial charge in [0.05, 0.1) is 21.9 Å². The molecule has 0 aliphatic carbocycles. The molecule has 1 atom stereocenters. The van der Waals surface area contributed by atoms with Gasteiger partial charge in [-0.25, -0.2) is 0 Å². The van der Waals surface area contributed by atoms with Crippen molar-refractivity contribution in [2.24, 2.45) is 12.9 Å². The maximum Gasteiger partial charge on any atom is 0.0738 e. The number of benzene rings is 1. The third-order valence-electron chi connectivity index (χ3n) is 3.72. The summed E-state index contributed by atoms with van der Waals surface area (Å²) in [5.41, 5.74) is 8.66. The predicted molar refractivity (Wildman–Crippen MR) is 93.0 cm³/mol. The zero-order chi connectivity index (χ0) is 15.7. The molecule has 0 saturated heterocycles. The third kappa shape index (κ3) is 3.39. The van der Waals surface area contributed by atoms with Gasteiger partial charge in [-0.2, -0.15) is 5.10 Å². The van der Waals surface area contributed by atoms with Crippen LogP contribution in [0.3, 0.4) is 0 Å². The predicted octanol–water partition coefficient (Wildman–Crippen LogP) is 3.62. The Bertz CT molecular complexity index is 641. The van der Waals surface area contributed by atoms with Crippen molar-refractivity contribution in [3.05, 3.63) is 49.2 Å². The highest BCUT2D eigenvalue weighted by Gasteiger charge is 2.18. The molecule has 114 valence electrons. The van der Waals surface area contributed by atoms with E-state index in [1.807, 2.05) is 18.7 Å². The molecule has 0 aliphatic heterocycles. The Balaban J connectivity index is 2.36. The molecule has 2 aromatic rings. The van der Waals surface area contributed by atoms with Crippen molar-refractivity contribution < 1.29 is 0 Å². The summed E-state index contributed by atoms with van der Waals surface area (Å²) >= 11 is 7.22. The van der Waals surface area contributed by atoms with E-state index in [1.165, 1.54) is 16.7 Å². The van der Waals surface area contributed by atoms with Gasteiger partial charge < -0.3 is 0 Å². The lowest BCUT2D eigenvalue weighted by molar-refractivity contribution is 0.528. The number of hydrogen-bond acceptors (Lipinski definition) is 3. The number of nitrogens with one attached hydrogen (secondary N) is 1. The summed E-state index contributed by atoms with van der Waals surface area (Å²) in [6.45, 7) is 6.18. The Morgan fingerprint density at radius 3 is 2.19 bits per heavy atom. The molecular weight excluding hydrogens is 396 g/mol. The van der Waals surface area contributed by atoms with Crippen LogP contribution in [0.15, 0.2) is 21.1 Å². The molecule has 1 aromatic carbocycles. The Morgan fingerprint density at radius 1 is 1.19 bits per heavy atom. The average molecular weight is 416 g/mol. The van der Waals surface area contributed by atoms with Crippen molar-refractivity contribution in [1.29, 1.82) is 0 Å². The van der Waals surface area contributed by atoms with Crippen LogP contribution in [-0.4, -0.2) is 9.78 Å². The summed E-state index contributed by atoms with van der Waals surface area (Å²) in [4.78, 5) is 0. The average Bonchev–Trinajstić information content (AvgIpc) is 2.67. The van der Waals surface area contributed by atoms with E-state index in [0.29, 0.717) is 0 Å². The largest absolute Gasteiger partial charge is 0.271 e. The van der Waals surface area contributed by atoms with Crippen molar-refractivity contribution in [2.75, 3.05) is 0 Å². The van der Waals surface area contributed by atoms with Crippen LogP contribution in [0.25, 0.3) is 0 Å². The van der Waals surface area contributed by atoms with Gasteiger partial charge in [0.2, 0.25) is 0 Å². The second kappa shape index (κ2) is 6.60. The molecule has 3 N–H and O–H groups in total. The molecular formula is C15H20Br2N4. The van der Waals surface area contributed by atoms with Crippen LogP contribution in [0.4, 0.5) is 0 Å². The van der Waals surface area contributed by atoms with Gasteiger partial charge in [0.25, 0.3) is 0 Å². The molecule has 1 aromatic heterocycles. The van der Waals surface area contributed by atoms with E-state index in [9.17, 15) is 0 Å². The van der Waals surface area contributed by atoms with Crippen molar-refractivity contribution >= 4 is 31.9 Å². The first-order valence-corrected chi connectivity index (χ1v) is 8.34. The summed E-state index contributed by atoms with van der Waals surface area (Å²) in [5.74, 6) is 5.79. The molecule has 0 radical (unpaired) electrons. The summed E-state index contributed by atoms with van der Waals surface area (Å²) in [6.07, 6.45) is 0.773. The fraction of sp³-hybridized carbons (Fsp3) is 0.400. The molecule has 0 fully saturated rings. The number of nitrogens with zero attached hydrogens (tertiary/aromatic N) is 2. The smallest absolute Gasteiger partial charge is 0.0738 e. The lowest BCUT2D eigenvalue weighted by Crippen LogP contribution is -2.30. The molecule has 1 unspecified atom stereocenters. The number of nitrogens with two attached hydrogens (primary N) is 1. The lowest BCUT2D eigenvalue weighted by atomic mass is 9.98. The molecule has 2 rings (SSSR count). The highest BCUT2D eigenvalue weighted by atomic mass is 79.9. The van der Waals surface area contributed by atoms with Gasteiger partial charge in [-0.05, 0) is 53.4 Å². The van der Waals surface area contributed by atoms with Crippen molar-refractivity contribution in [2.45, 2.75) is 33.2 Å². The Kier molecular flexibility index (Phi) is 5.24. The first-order valence-electron chi connectivity index (χ1n) is 6.75. The van der Waals surface area contributed by atoms with E-state index in [1.54, 1.807) is 0 Å². The number of hydrogen-bond donors (Lipinski definition) is 2. The Hall–Kier alpha value is -0.690. The van der Waals surface area contributed by atoms with Crippen molar-refractivity contribution in [3.63, 3.8) is 0 Å². The summed E-state index contributed by atoms with van der Waals surface area (Å²) in [5, 5.41) is 4.43. The fourth-order valence-electron chi connectivity index (χ4n) is 2.55. The van der Waals surface area contributed by atoms with Crippen LogP contribution in [0.2, 0.25) is 0 Å². The number of halogens is 2. The van der Waals surface area contributed by atoms with Gasteiger partial charge in [0, 0.05) is 17.9 Å². The zero-order valence-corrected chi connectivity index (χ0v) is 15.8. The second-order valence-electron chi connectivity index (χ2n) is 5.36. The molecule has 0 saturated carbocycles. The van der Waals surface area contributed by atoms with E-state index in [2.05, 4.69) is 68.4 Å². The highest BCUT2D eigenvalue weighted by Crippen LogP contribution is 2.29. The molecule has 6 heteroatoms. The van der Waals surface area contributed by atoms with Crippen molar-refractivity contribution in [3.8, 4) is 0 Å². The number of hydrazine groups is 1. The van der Waals surface area contributed by atoms with Crippen molar-refractivity contribution in [1.82, 2.24) is 15.2 Å². The minimum absolute atomic E-state index is 0.0431. The first kappa shape index (κ1) is 16.7. The molecule has 0 spiro atoms. The van der Waals surface area contributed by atoms with Crippen LogP contribution in [0.5, 0.6) is 0 Å². The summed E-state index contributed by atoms with van der Waals surface area (Å²) < 4.78 is 4.11. The zero-order valence-electron chi connectivity index (χ0n) is 12.7. The normalized spacial score (nSPS) is 12.7. The van der Waals surface area contributed by atoms with Gasteiger partial charge in [-0.15, -0.1) is 0 Å². The fourth-order valence-corrected chi connectivity index (χ4v) is 3.28. The van der Waals surface area contributed by atoms with E-state index < -0.39 is 0 Å². The summed E-state index contributed by atoms with van der Waals surface area (Å²) in [6, 6.07) is 4.37. The van der Waals surface area contributed by atoms with Gasteiger partial charge in [-0.1, -0.05) is 28.1 Å². The Morgan fingerprint density at radius 2 is 1.76 bits per heavy atom. The Labute approximate surface area is 142 Å². The minimum atomic E-state index is 0.0431. The molecule has 0 bridgehead atoms. The maximum absolute atomic E-state index is 5.79. The van der Waals surface area contributed by atoms with Gasteiger partial charge in [0.15, 0.2) is 0 Å². The molecule has 1 heterocycles. The second-order valence-corrected chi connectivity index (χ2v) is 6.95. The van der Waals surface area contributed by atoms with Gasteiger partial charge in [0.1, 0.15) is 0 Å².